The van der Waals surface area contributed by atoms with Crippen LogP contribution in [-0.4, -0.2) is 23.1 Å². The van der Waals surface area contributed by atoms with Crippen LogP contribution >= 0.6 is 0 Å². The Morgan fingerprint density at radius 1 is 1.11 bits per heavy atom. The standard InChI is InChI=1S/C15H20N4/c1-12(8-9-13-6-4-3-5-7-13)19-15-10-14(16-2)17-11-18-15/h3-7,10-12H,8-9H2,1-2H3,(H2,16,17,18,19). The predicted octanol–water partition coefficient (Wildman–Crippen LogP) is 2.95. The van der Waals surface area contributed by atoms with Crippen LogP contribution in [0.5, 0.6) is 0 Å². The second-order valence-electron chi connectivity index (χ2n) is 4.61. The lowest BCUT2D eigenvalue weighted by atomic mass is 10.1. The number of aromatic nitrogens is 2. The largest absolute Gasteiger partial charge is 0.373 e. The summed E-state index contributed by atoms with van der Waals surface area (Å²) >= 11 is 0. The van der Waals surface area contributed by atoms with E-state index in [1.807, 2.05) is 19.2 Å². The second-order valence-corrected chi connectivity index (χ2v) is 4.61. The number of hydrogen-bond acceptors (Lipinski definition) is 4. The van der Waals surface area contributed by atoms with E-state index < -0.39 is 0 Å². The van der Waals surface area contributed by atoms with Crippen molar-refractivity contribution in [3.63, 3.8) is 0 Å². The van der Waals surface area contributed by atoms with Crippen LogP contribution in [0.15, 0.2) is 42.7 Å². The molecule has 0 saturated heterocycles. The summed E-state index contributed by atoms with van der Waals surface area (Å²) < 4.78 is 0. The lowest BCUT2D eigenvalue weighted by molar-refractivity contribution is 0.702. The van der Waals surface area contributed by atoms with E-state index in [9.17, 15) is 0 Å². The summed E-state index contributed by atoms with van der Waals surface area (Å²) in [6.07, 6.45) is 3.71. The van der Waals surface area contributed by atoms with Gasteiger partial charge in [-0.05, 0) is 25.3 Å². The fourth-order valence-corrected chi connectivity index (χ4v) is 1.93. The Labute approximate surface area is 114 Å². The first-order chi connectivity index (χ1) is 9.28. The van der Waals surface area contributed by atoms with Crippen molar-refractivity contribution in [2.45, 2.75) is 25.8 Å². The molecule has 0 saturated carbocycles. The van der Waals surface area contributed by atoms with Crippen LogP contribution in [0.4, 0.5) is 11.6 Å². The number of aryl methyl sites for hydroxylation is 1. The Kier molecular flexibility index (Phi) is 4.72. The minimum atomic E-state index is 0.375. The lowest BCUT2D eigenvalue weighted by Gasteiger charge is -2.14. The minimum absolute atomic E-state index is 0.375. The molecule has 0 fully saturated rings. The molecule has 0 radical (unpaired) electrons. The molecule has 1 unspecified atom stereocenters. The van der Waals surface area contributed by atoms with Gasteiger partial charge in [0.05, 0.1) is 0 Å². The number of hydrogen-bond donors (Lipinski definition) is 2. The molecule has 4 nitrogen and oxygen atoms in total. The van der Waals surface area contributed by atoms with E-state index in [1.165, 1.54) is 5.56 Å². The molecule has 0 amide bonds. The van der Waals surface area contributed by atoms with E-state index in [-0.39, 0.29) is 0 Å². The van der Waals surface area contributed by atoms with E-state index in [4.69, 9.17) is 0 Å². The van der Waals surface area contributed by atoms with Gasteiger partial charge in [0.25, 0.3) is 0 Å². The average molecular weight is 256 g/mol. The van der Waals surface area contributed by atoms with E-state index in [0.717, 1.165) is 24.5 Å². The maximum absolute atomic E-state index is 4.22. The zero-order chi connectivity index (χ0) is 13.5. The lowest BCUT2D eigenvalue weighted by Crippen LogP contribution is -2.17. The maximum Gasteiger partial charge on any atom is 0.131 e. The van der Waals surface area contributed by atoms with E-state index in [1.54, 1.807) is 6.33 Å². The molecular formula is C15H20N4. The summed E-state index contributed by atoms with van der Waals surface area (Å²) in [5, 5.41) is 6.40. The molecule has 0 spiro atoms. The molecule has 0 aliphatic carbocycles. The number of rotatable bonds is 6. The molecule has 1 atom stereocenters. The Hall–Kier alpha value is -2.10. The third kappa shape index (κ3) is 4.25. The Morgan fingerprint density at radius 3 is 2.58 bits per heavy atom. The van der Waals surface area contributed by atoms with E-state index in [2.05, 4.69) is 51.8 Å². The van der Waals surface area contributed by atoms with Crippen molar-refractivity contribution in [1.29, 1.82) is 0 Å². The van der Waals surface area contributed by atoms with Crippen molar-refractivity contribution in [3.05, 3.63) is 48.3 Å². The fourth-order valence-electron chi connectivity index (χ4n) is 1.93. The first-order valence-corrected chi connectivity index (χ1v) is 6.58. The topological polar surface area (TPSA) is 49.8 Å². The first-order valence-electron chi connectivity index (χ1n) is 6.58. The molecule has 1 aromatic carbocycles. The van der Waals surface area contributed by atoms with Crippen molar-refractivity contribution in [1.82, 2.24) is 9.97 Å². The summed E-state index contributed by atoms with van der Waals surface area (Å²) in [5.41, 5.74) is 1.37. The number of anilines is 2. The van der Waals surface area contributed by atoms with Gasteiger partial charge < -0.3 is 10.6 Å². The molecule has 2 aromatic rings. The minimum Gasteiger partial charge on any atom is -0.373 e. The van der Waals surface area contributed by atoms with Crippen molar-refractivity contribution in [2.24, 2.45) is 0 Å². The summed E-state index contributed by atoms with van der Waals surface area (Å²) in [5.74, 6) is 1.69. The van der Waals surface area contributed by atoms with Crippen molar-refractivity contribution >= 4 is 11.6 Å². The maximum atomic E-state index is 4.22. The molecule has 1 heterocycles. The highest BCUT2D eigenvalue weighted by molar-refractivity contribution is 5.46. The van der Waals surface area contributed by atoms with Gasteiger partial charge in [-0.15, -0.1) is 0 Å². The molecule has 4 heteroatoms. The third-order valence-corrected chi connectivity index (χ3v) is 3.03. The summed E-state index contributed by atoms with van der Waals surface area (Å²) in [4.78, 5) is 8.32. The molecule has 0 aliphatic heterocycles. The van der Waals surface area contributed by atoms with Gasteiger partial charge in [-0.25, -0.2) is 9.97 Å². The van der Waals surface area contributed by atoms with Crippen molar-refractivity contribution < 1.29 is 0 Å². The Morgan fingerprint density at radius 2 is 1.84 bits per heavy atom. The number of nitrogens with one attached hydrogen (secondary N) is 2. The van der Waals surface area contributed by atoms with Crippen molar-refractivity contribution in [2.75, 3.05) is 17.7 Å². The Balaban J connectivity index is 1.85. The molecule has 0 bridgehead atoms. The Bertz CT molecular complexity index is 499. The summed E-state index contributed by atoms with van der Waals surface area (Å²) in [6, 6.07) is 12.8. The second kappa shape index (κ2) is 6.73. The van der Waals surface area contributed by atoms with Gasteiger partial charge in [0.15, 0.2) is 0 Å². The third-order valence-electron chi connectivity index (χ3n) is 3.03. The smallest absolute Gasteiger partial charge is 0.131 e. The predicted molar refractivity (Wildman–Crippen MR) is 79.4 cm³/mol. The van der Waals surface area contributed by atoms with Gasteiger partial charge >= 0.3 is 0 Å². The van der Waals surface area contributed by atoms with Crippen molar-refractivity contribution in [3.8, 4) is 0 Å². The zero-order valence-electron chi connectivity index (χ0n) is 11.4. The SMILES string of the molecule is CNc1cc(NC(C)CCc2ccccc2)ncn1. The zero-order valence-corrected chi connectivity index (χ0v) is 11.4. The van der Waals surface area contributed by atoms with Crippen LogP contribution < -0.4 is 10.6 Å². The average Bonchev–Trinajstić information content (AvgIpc) is 2.46. The monoisotopic (exact) mass is 256 g/mol. The van der Waals surface area contributed by atoms with Crippen LogP contribution in [0.25, 0.3) is 0 Å². The molecule has 19 heavy (non-hydrogen) atoms. The van der Waals surface area contributed by atoms with Crippen LogP contribution in [0.1, 0.15) is 18.9 Å². The van der Waals surface area contributed by atoms with Crippen LogP contribution in [0.2, 0.25) is 0 Å². The van der Waals surface area contributed by atoms with Crippen LogP contribution in [0.3, 0.4) is 0 Å². The summed E-state index contributed by atoms with van der Waals surface area (Å²) in [6.45, 7) is 2.17. The highest BCUT2D eigenvalue weighted by Gasteiger charge is 2.04. The van der Waals surface area contributed by atoms with E-state index in [0.29, 0.717) is 6.04 Å². The first kappa shape index (κ1) is 13.3. The number of benzene rings is 1. The van der Waals surface area contributed by atoms with Gasteiger partial charge in [-0.1, -0.05) is 30.3 Å². The molecule has 0 aliphatic rings. The molecule has 100 valence electrons. The van der Waals surface area contributed by atoms with Crippen LogP contribution in [-0.2, 0) is 6.42 Å². The highest BCUT2D eigenvalue weighted by Crippen LogP contribution is 2.12. The van der Waals surface area contributed by atoms with Gasteiger partial charge in [0.1, 0.15) is 18.0 Å². The molecule has 1 aromatic heterocycles. The summed E-state index contributed by atoms with van der Waals surface area (Å²) in [7, 11) is 1.85. The normalized spacial score (nSPS) is 11.9. The van der Waals surface area contributed by atoms with Gasteiger partial charge in [0, 0.05) is 19.2 Å². The van der Waals surface area contributed by atoms with Gasteiger partial charge in [-0.2, -0.15) is 0 Å². The fraction of sp³-hybridized carbons (Fsp3) is 0.333. The van der Waals surface area contributed by atoms with Gasteiger partial charge in [-0.3, -0.25) is 0 Å². The molecular weight excluding hydrogens is 236 g/mol. The molecule has 2 N–H and O–H groups in total. The number of nitrogens with zero attached hydrogens (tertiary/aromatic N) is 2. The quantitative estimate of drug-likeness (QED) is 0.834. The van der Waals surface area contributed by atoms with E-state index >= 15 is 0 Å². The van der Waals surface area contributed by atoms with Gasteiger partial charge in [0.2, 0.25) is 0 Å². The highest BCUT2D eigenvalue weighted by atomic mass is 15.1. The van der Waals surface area contributed by atoms with Crippen LogP contribution in [0, 0.1) is 0 Å². The molecule has 2 rings (SSSR count).